The third kappa shape index (κ3) is 3.88. The zero-order valence-corrected chi connectivity index (χ0v) is 16.4. The quantitative estimate of drug-likeness (QED) is 0.458. The highest BCUT2D eigenvalue weighted by atomic mass is 32.2. The number of aryl methyl sites for hydroxylation is 1. The van der Waals surface area contributed by atoms with Crippen LogP contribution in [0, 0.1) is 17.5 Å². The third-order valence-electron chi connectivity index (χ3n) is 4.43. The van der Waals surface area contributed by atoms with Crippen LogP contribution in [0.2, 0.25) is 0 Å². The van der Waals surface area contributed by atoms with Gasteiger partial charge in [0.05, 0.1) is 22.6 Å². The minimum atomic E-state index is -4.64. The molecule has 3 rings (SSSR count). The summed E-state index contributed by atoms with van der Waals surface area (Å²) in [5.41, 5.74) is -0.564. The molecule has 1 aromatic heterocycles. The molecule has 0 spiro atoms. The molecule has 0 saturated carbocycles. The van der Waals surface area contributed by atoms with E-state index in [1.807, 2.05) is 0 Å². The molecule has 2 aromatic carbocycles. The van der Waals surface area contributed by atoms with Gasteiger partial charge in [-0.2, -0.15) is 13.2 Å². The minimum Gasteiger partial charge on any atom is -0.327 e. The lowest BCUT2D eigenvalue weighted by Gasteiger charge is -2.16. The van der Waals surface area contributed by atoms with E-state index in [0.29, 0.717) is 12.1 Å². The number of hydrogen-bond acceptors (Lipinski definition) is 3. The highest BCUT2D eigenvalue weighted by molar-refractivity contribution is 7.89. The van der Waals surface area contributed by atoms with Crippen molar-refractivity contribution in [1.82, 2.24) is 14.3 Å². The lowest BCUT2D eigenvalue weighted by Crippen LogP contribution is -2.29. The molecule has 30 heavy (non-hydrogen) atoms. The average molecular weight is 451 g/mol. The van der Waals surface area contributed by atoms with Crippen LogP contribution in [0.3, 0.4) is 0 Å². The summed E-state index contributed by atoms with van der Waals surface area (Å²) in [5.74, 6) is -5.30. The van der Waals surface area contributed by atoms with Gasteiger partial charge >= 0.3 is 6.18 Å². The van der Waals surface area contributed by atoms with E-state index in [-0.39, 0.29) is 23.4 Å². The van der Waals surface area contributed by atoms with Gasteiger partial charge in [-0.15, -0.1) is 0 Å². The summed E-state index contributed by atoms with van der Waals surface area (Å²) < 4.78 is 108. The largest absolute Gasteiger partial charge is 0.416 e. The summed E-state index contributed by atoms with van der Waals surface area (Å²) >= 11 is 0. The molecule has 162 valence electrons. The van der Waals surface area contributed by atoms with E-state index in [0.717, 1.165) is 18.2 Å². The Morgan fingerprint density at radius 2 is 1.77 bits per heavy atom. The van der Waals surface area contributed by atoms with E-state index >= 15 is 0 Å². The summed E-state index contributed by atoms with van der Waals surface area (Å²) in [4.78, 5) is 3.07. The molecule has 1 atom stereocenters. The van der Waals surface area contributed by atoms with E-state index in [9.17, 15) is 34.8 Å². The van der Waals surface area contributed by atoms with Crippen LogP contribution in [0.15, 0.2) is 35.2 Å². The second-order valence-electron chi connectivity index (χ2n) is 6.43. The van der Waals surface area contributed by atoms with Gasteiger partial charge in [0, 0.05) is 6.54 Å². The van der Waals surface area contributed by atoms with Crippen LogP contribution in [0.5, 0.6) is 0 Å². The molecule has 1 N–H and O–H groups in total. The molecule has 0 aliphatic rings. The van der Waals surface area contributed by atoms with Crippen molar-refractivity contribution in [3.63, 3.8) is 0 Å². The van der Waals surface area contributed by atoms with Crippen molar-refractivity contribution in [2.75, 3.05) is 0 Å². The first kappa shape index (κ1) is 22.1. The van der Waals surface area contributed by atoms with Crippen LogP contribution in [-0.4, -0.2) is 18.0 Å². The van der Waals surface area contributed by atoms with Gasteiger partial charge in [-0.1, -0.05) is 0 Å². The first-order valence-corrected chi connectivity index (χ1v) is 10.1. The maximum atomic E-state index is 13.9. The predicted molar refractivity (Wildman–Crippen MR) is 95.5 cm³/mol. The fraction of sp³-hybridized carbons (Fsp3) is 0.278. The molecular formula is C18H15F6N3O2S. The molecule has 1 heterocycles. The Morgan fingerprint density at radius 3 is 2.37 bits per heavy atom. The number of halogens is 6. The Balaban J connectivity index is 2.03. The average Bonchev–Trinajstić information content (AvgIpc) is 3.02. The van der Waals surface area contributed by atoms with E-state index in [4.69, 9.17) is 0 Å². The van der Waals surface area contributed by atoms with Gasteiger partial charge in [-0.25, -0.2) is 31.3 Å². The van der Waals surface area contributed by atoms with Crippen LogP contribution >= 0.6 is 0 Å². The lowest BCUT2D eigenvalue weighted by molar-refractivity contribution is -0.137. The minimum absolute atomic E-state index is 0.0680. The van der Waals surface area contributed by atoms with Crippen LogP contribution < -0.4 is 4.72 Å². The summed E-state index contributed by atoms with van der Waals surface area (Å²) in [6.45, 7) is 3.13. The molecule has 0 fully saturated rings. The number of nitrogens with one attached hydrogen (secondary N) is 1. The van der Waals surface area contributed by atoms with Crippen molar-refractivity contribution >= 4 is 21.1 Å². The van der Waals surface area contributed by atoms with E-state index < -0.39 is 50.2 Å². The van der Waals surface area contributed by atoms with Gasteiger partial charge in [0.1, 0.15) is 10.7 Å². The van der Waals surface area contributed by atoms with Crippen molar-refractivity contribution < 1.29 is 34.8 Å². The van der Waals surface area contributed by atoms with Crippen molar-refractivity contribution in [2.24, 2.45) is 0 Å². The fourth-order valence-electron chi connectivity index (χ4n) is 3.05. The zero-order chi connectivity index (χ0) is 22.4. The first-order chi connectivity index (χ1) is 13.9. The fourth-order valence-corrected chi connectivity index (χ4v) is 4.32. The van der Waals surface area contributed by atoms with Crippen LogP contribution in [0.25, 0.3) is 11.0 Å². The number of imidazole rings is 1. The number of aromatic nitrogens is 2. The molecule has 0 amide bonds. The number of sulfonamides is 1. The van der Waals surface area contributed by atoms with Gasteiger partial charge in [-0.05, 0) is 44.2 Å². The maximum absolute atomic E-state index is 13.9. The van der Waals surface area contributed by atoms with Crippen molar-refractivity contribution in [3.8, 4) is 0 Å². The van der Waals surface area contributed by atoms with Gasteiger partial charge in [0.25, 0.3) is 0 Å². The number of fused-ring (bicyclic) bond motifs is 1. The monoisotopic (exact) mass is 451 g/mol. The summed E-state index contributed by atoms with van der Waals surface area (Å²) in [6.07, 6.45) is -4.57. The summed E-state index contributed by atoms with van der Waals surface area (Å²) in [7, 11) is -4.64. The maximum Gasteiger partial charge on any atom is 0.416 e. The molecule has 0 aliphatic carbocycles. The number of hydrogen-bond donors (Lipinski definition) is 1. The normalized spacial score (nSPS) is 13.7. The van der Waals surface area contributed by atoms with Gasteiger partial charge in [-0.3, -0.25) is 0 Å². The second-order valence-corrected chi connectivity index (χ2v) is 8.11. The Bertz CT molecular complexity index is 1220. The van der Waals surface area contributed by atoms with Gasteiger partial charge < -0.3 is 4.57 Å². The first-order valence-electron chi connectivity index (χ1n) is 8.60. The molecule has 3 aromatic rings. The molecule has 0 saturated heterocycles. The lowest BCUT2D eigenvalue weighted by atomic mass is 10.2. The van der Waals surface area contributed by atoms with Crippen molar-refractivity contribution in [2.45, 2.75) is 37.5 Å². The second kappa shape index (κ2) is 7.58. The smallest absolute Gasteiger partial charge is 0.327 e. The van der Waals surface area contributed by atoms with Crippen LogP contribution in [0.1, 0.15) is 31.3 Å². The molecule has 0 aliphatic heterocycles. The number of alkyl halides is 3. The van der Waals surface area contributed by atoms with Crippen LogP contribution in [0.4, 0.5) is 26.3 Å². The predicted octanol–water partition coefficient (Wildman–Crippen LogP) is 4.53. The van der Waals surface area contributed by atoms with E-state index in [1.165, 1.54) is 11.5 Å². The van der Waals surface area contributed by atoms with E-state index in [2.05, 4.69) is 9.71 Å². The van der Waals surface area contributed by atoms with Crippen molar-refractivity contribution in [1.29, 1.82) is 0 Å². The highest BCUT2D eigenvalue weighted by Crippen LogP contribution is 2.32. The summed E-state index contributed by atoms with van der Waals surface area (Å²) in [6, 6.07) is 2.82. The SMILES string of the molecule is CCn1c([C@@H](C)NS(=O)(=O)c2ccc(F)c(F)c2F)nc2ccc(C(F)(F)F)cc21. The van der Waals surface area contributed by atoms with E-state index in [1.54, 1.807) is 6.92 Å². The number of nitrogens with zero attached hydrogens (tertiary/aromatic N) is 2. The zero-order valence-electron chi connectivity index (χ0n) is 15.6. The standard InChI is InChI=1S/C18H15F6N3O2S/c1-3-27-13-8-10(18(22,23)24)4-6-12(13)25-17(27)9(2)26-30(28,29)14-7-5-11(19)15(20)16(14)21/h4-9,26H,3H2,1-2H3/t9-/m1/s1. The summed E-state index contributed by atoms with van der Waals surface area (Å²) in [5, 5.41) is 0. The van der Waals surface area contributed by atoms with Crippen LogP contribution in [-0.2, 0) is 22.7 Å². The highest BCUT2D eigenvalue weighted by Gasteiger charge is 2.32. The molecule has 0 radical (unpaired) electrons. The molecule has 0 unspecified atom stereocenters. The number of benzene rings is 2. The van der Waals surface area contributed by atoms with Gasteiger partial charge in [0.2, 0.25) is 10.0 Å². The van der Waals surface area contributed by atoms with Gasteiger partial charge in [0.15, 0.2) is 17.5 Å². The number of rotatable bonds is 5. The molecule has 12 heteroatoms. The molecule has 0 bridgehead atoms. The Labute approximate surface area is 167 Å². The Morgan fingerprint density at radius 1 is 1.10 bits per heavy atom. The Kier molecular flexibility index (Phi) is 5.58. The topological polar surface area (TPSA) is 64.0 Å². The molecule has 5 nitrogen and oxygen atoms in total. The molecular weight excluding hydrogens is 436 g/mol. The third-order valence-corrected chi connectivity index (χ3v) is 5.99. The van der Waals surface area contributed by atoms with Crippen molar-refractivity contribution in [3.05, 3.63) is 59.2 Å². The Hall–Kier alpha value is -2.60.